The summed E-state index contributed by atoms with van der Waals surface area (Å²) < 4.78 is 24.8. The Morgan fingerprint density at radius 2 is 1.76 bits per heavy atom. The molecule has 0 spiro atoms. The highest BCUT2D eigenvalue weighted by Gasteiger charge is 2.32. The molecule has 1 aromatic heterocycles. The van der Waals surface area contributed by atoms with Gasteiger partial charge in [-0.2, -0.15) is 0 Å². The van der Waals surface area contributed by atoms with Crippen molar-refractivity contribution in [3.05, 3.63) is 66.4 Å². The van der Waals surface area contributed by atoms with Crippen molar-refractivity contribution >= 4 is 15.7 Å². The zero-order valence-corrected chi connectivity index (χ0v) is 16.9. The number of carbonyl (C=O) groups is 1. The summed E-state index contributed by atoms with van der Waals surface area (Å²) in [7, 11) is -3.20. The van der Waals surface area contributed by atoms with Gasteiger partial charge in [-0.1, -0.05) is 47.7 Å². The number of benzene rings is 2. The van der Waals surface area contributed by atoms with Gasteiger partial charge in [-0.15, -0.1) is 5.10 Å². The standard InChI is InChI=1S/C21H22N4O3S/c1-29(27,28)19-10-7-16(8-11-19)9-12-21(26)24-13-18(14-24)25-15-20(22-23-25)17-5-3-2-4-6-17/h2-8,10-11,15,18H,9,12-14H2,1H3. The molecule has 1 amide bonds. The molecule has 2 aromatic carbocycles. The second-order valence-corrected chi connectivity index (χ2v) is 9.33. The average molecular weight is 410 g/mol. The molecule has 1 aliphatic heterocycles. The van der Waals surface area contributed by atoms with Crippen molar-refractivity contribution in [1.29, 1.82) is 0 Å². The molecular formula is C21H22N4O3S. The van der Waals surface area contributed by atoms with Crippen molar-refractivity contribution < 1.29 is 13.2 Å². The number of hydrogen-bond acceptors (Lipinski definition) is 5. The molecule has 0 bridgehead atoms. The molecule has 150 valence electrons. The fourth-order valence-corrected chi connectivity index (χ4v) is 3.97. The molecule has 1 aliphatic rings. The highest BCUT2D eigenvalue weighted by Crippen LogP contribution is 2.24. The van der Waals surface area contributed by atoms with Crippen LogP contribution in [0.1, 0.15) is 18.0 Å². The minimum Gasteiger partial charge on any atom is -0.338 e. The largest absolute Gasteiger partial charge is 0.338 e. The topological polar surface area (TPSA) is 85.2 Å². The highest BCUT2D eigenvalue weighted by molar-refractivity contribution is 7.90. The molecule has 0 atom stereocenters. The van der Waals surface area contributed by atoms with Gasteiger partial charge in [0.25, 0.3) is 0 Å². The molecule has 4 rings (SSSR count). The second-order valence-electron chi connectivity index (χ2n) is 7.32. The van der Waals surface area contributed by atoms with Crippen LogP contribution in [0.25, 0.3) is 11.3 Å². The Morgan fingerprint density at radius 3 is 2.41 bits per heavy atom. The van der Waals surface area contributed by atoms with E-state index in [1.54, 1.807) is 24.3 Å². The van der Waals surface area contributed by atoms with E-state index in [9.17, 15) is 13.2 Å². The van der Waals surface area contributed by atoms with Crippen molar-refractivity contribution in [2.24, 2.45) is 0 Å². The molecule has 1 fully saturated rings. The molecule has 0 unspecified atom stereocenters. The van der Waals surface area contributed by atoms with Crippen LogP contribution in [-0.2, 0) is 21.1 Å². The van der Waals surface area contributed by atoms with Crippen molar-refractivity contribution in [3.8, 4) is 11.3 Å². The molecule has 0 radical (unpaired) electrons. The number of carbonyl (C=O) groups excluding carboxylic acids is 1. The minimum atomic E-state index is -3.20. The lowest BCUT2D eigenvalue weighted by molar-refractivity contribution is -0.137. The zero-order chi connectivity index (χ0) is 20.4. The number of likely N-dealkylation sites (tertiary alicyclic amines) is 1. The first-order valence-corrected chi connectivity index (χ1v) is 11.3. The molecule has 29 heavy (non-hydrogen) atoms. The number of amides is 1. The smallest absolute Gasteiger partial charge is 0.223 e. The lowest BCUT2D eigenvalue weighted by Gasteiger charge is -2.39. The van der Waals surface area contributed by atoms with Crippen LogP contribution in [0.2, 0.25) is 0 Å². The maximum Gasteiger partial charge on any atom is 0.223 e. The van der Waals surface area contributed by atoms with Gasteiger partial charge in [0, 0.05) is 31.3 Å². The summed E-state index contributed by atoms with van der Waals surface area (Å²) in [6.07, 6.45) is 4.10. The SMILES string of the molecule is CS(=O)(=O)c1ccc(CCC(=O)N2CC(n3cc(-c4ccccc4)nn3)C2)cc1. The fraction of sp³-hybridized carbons (Fsp3) is 0.286. The van der Waals surface area contributed by atoms with E-state index in [0.29, 0.717) is 30.8 Å². The molecular weight excluding hydrogens is 388 g/mol. The Kier molecular flexibility index (Phi) is 5.19. The normalized spacial score (nSPS) is 14.6. The van der Waals surface area contributed by atoms with E-state index in [0.717, 1.165) is 16.8 Å². The maximum absolute atomic E-state index is 12.4. The van der Waals surface area contributed by atoms with Crippen molar-refractivity contribution in [1.82, 2.24) is 19.9 Å². The summed E-state index contributed by atoms with van der Waals surface area (Å²) in [5.41, 5.74) is 2.80. The third kappa shape index (κ3) is 4.37. The Balaban J connectivity index is 1.28. The van der Waals surface area contributed by atoms with Crippen LogP contribution in [0, 0.1) is 0 Å². The van der Waals surface area contributed by atoms with Crippen molar-refractivity contribution in [2.75, 3.05) is 19.3 Å². The molecule has 0 N–H and O–H groups in total. The summed E-state index contributed by atoms with van der Waals surface area (Å²) in [5, 5.41) is 8.44. The molecule has 7 nitrogen and oxygen atoms in total. The van der Waals surface area contributed by atoms with Gasteiger partial charge in [-0.3, -0.25) is 4.79 Å². The monoisotopic (exact) mass is 410 g/mol. The van der Waals surface area contributed by atoms with Crippen LogP contribution < -0.4 is 0 Å². The Labute approximate surface area is 169 Å². The van der Waals surface area contributed by atoms with E-state index in [1.165, 1.54) is 6.26 Å². The fourth-order valence-electron chi connectivity index (χ4n) is 3.34. The molecule has 3 aromatic rings. The van der Waals surface area contributed by atoms with E-state index < -0.39 is 9.84 Å². The first-order chi connectivity index (χ1) is 13.9. The third-order valence-electron chi connectivity index (χ3n) is 5.15. The van der Waals surface area contributed by atoms with E-state index in [-0.39, 0.29) is 11.9 Å². The first-order valence-electron chi connectivity index (χ1n) is 9.44. The Hall–Kier alpha value is -3.00. The van der Waals surface area contributed by atoms with Gasteiger partial charge in [-0.25, -0.2) is 13.1 Å². The van der Waals surface area contributed by atoms with Gasteiger partial charge in [0.1, 0.15) is 5.69 Å². The van der Waals surface area contributed by atoms with E-state index in [1.807, 2.05) is 46.1 Å². The quantitative estimate of drug-likeness (QED) is 0.623. The third-order valence-corrected chi connectivity index (χ3v) is 6.28. The molecule has 1 saturated heterocycles. The molecule has 2 heterocycles. The van der Waals surface area contributed by atoms with Gasteiger partial charge >= 0.3 is 0 Å². The molecule has 0 aliphatic carbocycles. The van der Waals surface area contributed by atoms with Crippen LogP contribution in [0.4, 0.5) is 0 Å². The number of rotatable bonds is 6. The van der Waals surface area contributed by atoms with Crippen molar-refractivity contribution in [2.45, 2.75) is 23.8 Å². The van der Waals surface area contributed by atoms with Gasteiger partial charge in [0.05, 0.1) is 17.1 Å². The Morgan fingerprint density at radius 1 is 1.07 bits per heavy atom. The average Bonchev–Trinajstić information content (AvgIpc) is 3.15. The molecule has 8 heteroatoms. The number of nitrogens with zero attached hydrogens (tertiary/aromatic N) is 4. The zero-order valence-electron chi connectivity index (χ0n) is 16.1. The number of aryl methyl sites for hydroxylation is 1. The minimum absolute atomic E-state index is 0.0943. The van der Waals surface area contributed by atoms with E-state index in [2.05, 4.69) is 10.3 Å². The van der Waals surface area contributed by atoms with Gasteiger partial charge in [0.2, 0.25) is 5.91 Å². The lowest BCUT2D eigenvalue weighted by Crippen LogP contribution is -2.50. The number of aromatic nitrogens is 3. The van der Waals surface area contributed by atoms with Crippen LogP contribution in [0.15, 0.2) is 65.7 Å². The highest BCUT2D eigenvalue weighted by atomic mass is 32.2. The van der Waals surface area contributed by atoms with E-state index >= 15 is 0 Å². The van der Waals surface area contributed by atoms with Crippen LogP contribution in [0.3, 0.4) is 0 Å². The van der Waals surface area contributed by atoms with E-state index in [4.69, 9.17) is 0 Å². The Bertz CT molecular complexity index is 1100. The van der Waals surface area contributed by atoms with Crippen LogP contribution >= 0.6 is 0 Å². The predicted molar refractivity (Wildman–Crippen MR) is 109 cm³/mol. The summed E-state index contributed by atoms with van der Waals surface area (Å²) in [5.74, 6) is 0.0943. The summed E-state index contributed by atoms with van der Waals surface area (Å²) >= 11 is 0. The van der Waals surface area contributed by atoms with Crippen LogP contribution in [-0.4, -0.2) is 53.6 Å². The second kappa shape index (κ2) is 7.79. The summed E-state index contributed by atoms with van der Waals surface area (Å²) in [6.45, 7) is 1.26. The first kappa shape index (κ1) is 19.3. The van der Waals surface area contributed by atoms with Gasteiger partial charge in [-0.05, 0) is 24.1 Å². The van der Waals surface area contributed by atoms with Gasteiger partial charge < -0.3 is 4.90 Å². The summed E-state index contributed by atoms with van der Waals surface area (Å²) in [4.78, 5) is 14.5. The predicted octanol–water partition coefficient (Wildman–Crippen LogP) is 2.36. The number of hydrogen-bond donors (Lipinski definition) is 0. The van der Waals surface area contributed by atoms with Crippen LogP contribution in [0.5, 0.6) is 0 Å². The lowest BCUT2D eigenvalue weighted by atomic mass is 10.1. The summed E-state index contributed by atoms with van der Waals surface area (Å²) in [6, 6.07) is 16.7. The molecule has 0 saturated carbocycles. The van der Waals surface area contributed by atoms with Crippen molar-refractivity contribution in [3.63, 3.8) is 0 Å². The number of sulfone groups is 1. The van der Waals surface area contributed by atoms with Gasteiger partial charge in [0.15, 0.2) is 9.84 Å². The maximum atomic E-state index is 12.4.